The molecule has 0 radical (unpaired) electrons. The lowest BCUT2D eigenvalue weighted by atomic mass is 9.89. The number of rotatable bonds is 8. The van der Waals surface area contributed by atoms with Crippen molar-refractivity contribution in [3.8, 4) is 0 Å². The lowest BCUT2D eigenvalue weighted by Crippen LogP contribution is -2.66. The van der Waals surface area contributed by atoms with Gasteiger partial charge in [-0.25, -0.2) is 0 Å². The third-order valence-corrected chi connectivity index (χ3v) is 7.69. The van der Waals surface area contributed by atoms with Gasteiger partial charge in [0.25, 0.3) is 0 Å². The first kappa shape index (κ1) is 25.5. The molecule has 38 heavy (non-hydrogen) atoms. The largest absolute Gasteiger partial charge is 0.322 e. The molecule has 1 fully saturated rings. The Bertz CT molecular complexity index is 1240. The molecule has 0 N–H and O–H groups in total. The topological polar surface area (TPSA) is 40.6 Å². The Hall–Kier alpha value is -4.18. The highest BCUT2D eigenvalue weighted by atomic mass is 16.2. The predicted molar refractivity (Wildman–Crippen MR) is 151 cm³/mol. The highest BCUT2D eigenvalue weighted by Crippen LogP contribution is 2.36. The van der Waals surface area contributed by atoms with Crippen molar-refractivity contribution in [1.82, 2.24) is 9.80 Å². The van der Waals surface area contributed by atoms with Crippen LogP contribution in [0.3, 0.4) is 0 Å². The standard InChI is InChI=1S/C34H34N2O2/c1-25(29-19-11-5-12-20-29)35-31(23-27-15-7-3-8-16-27)34(38)36(26(2)30-21-13-6-14-22-30)32(33(35)37)24-28-17-9-4-10-18-28/h3-22,25-26,31-32H,23-24H2,1-2H3/t25-,26-,31-,32-/m0/s1. The summed E-state index contributed by atoms with van der Waals surface area (Å²) in [7, 11) is 0. The Balaban J connectivity index is 1.60. The Morgan fingerprint density at radius 2 is 0.789 bits per heavy atom. The molecule has 2 amide bonds. The van der Waals surface area contributed by atoms with Crippen molar-refractivity contribution in [2.24, 2.45) is 0 Å². The minimum Gasteiger partial charge on any atom is -0.322 e. The summed E-state index contributed by atoms with van der Waals surface area (Å²) in [5, 5.41) is 0. The summed E-state index contributed by atoms with van der Waals surface area (Å²) in [6.45, 7) is 4.07. The lowest BCUT2D eigenvalue weighted by molar-refractivity contribution is -0.167. The van der Waals surface area contributed by atoms with E-state index in [1.807, 2.05) is 145 Å². The van der Waals surface area contributed by atoms with Crippen LogP contribution in [0.25, 0.3) is 0 Å². The van der Waals surface area contributed by atoms with Crippen LogP contribution in [-0.2, 0) is 22.4 Å². The zero-order valence-corrected chi connectivity index (χ0v) is 22.0. The fraction of sp³-hybridized carbons (Fsp3) is 0.235. The van der Waals surface area contributed by atoms with E-state index >= 15 is 0 Å². The summed E-state index contributed by atoms with van der Waals surface area (Å²) in [5.41, 5.74) is 4.12. The van der Waals surface area contributed by atoms with Gasteiger partial charge in [0.15, 0.2) is 0 Å². The summed E-state index contributed by atoms with van der Waals surface area (Å²) < 4.78 is 0. The normalized spacial score (nSPS) is 19.3. The van der Waals surface area contributed by atoms with Gasteiger partial charge < -0.3 is 9.80 Å². The zero-order valence-electron chi connectivity index (χ0n) is 22.0. The van der Waals surface area contributed by atoms with E-state index in [1.165, 1.54) is 0 Å². The number of benzene rings is 4. The molecule has 0 spiro atoms. The summed E-state index contributed by atoms with van der Waals surface area (Å²) in [6, 6.07) is 38.4. The van der Waals surface area contributed by atoms with Gasteiger partial charge in [-0.05, 0) is 36.1 Å². The fourth-order valence-electron chi connectivity index (χ4n) is 5.64. The van der Waals surface area contributed by atoms with Crippen LogP contribution in [0, 0.1) is 0 Å². The van der Waals surface area contributed by atoms with Crippen molar-refractivity contribution < 1.29 is 9.59 Å². The summed E-state index contributed by atoms with van der Waals surface area (Å²) in [5.74, 6) is -0.0120. The number of piperazine rings is 1. The molecule has 1 heterocycles. The van der Waals surface area contributed by atoms with E-state index in [-0.39, 0.29) is 23.9 Å². The number of carbonyl (C=O) groups is 2. The molecule has 5 rings (SSSR count). The second-order valence-corrected chi connectivity index (χ2v) is 10.1. The van der Waals surface area contributed by atoms with E-state index in [2.05, 4.69) is 0 Å². The molecule has 1 aliphatic heterocycles. The van der Waals surface area contributed by atoms with Gasteiger partial charge in [-0.15, -0.1) is 0 Å². The third kappa shape index (κ3) is 5.26. The van der Waals surface area contributed by atoms with Crippen molar-refractivity contribution in [2.45, 2.75) is 50.9 Å². The van der Waals surface area contributed by atoms with Crippen LogP contribution in [0.5, 0.6) is 0 Å². The number of amides is 2. The maximum Gasteiger partial charge on any atom is 0.246 e. The van der Waals surface area contributed by atoms with E-state index in [9.17, 15) is 9.59 Å². The van der Waals surface area contributed by atoms with Crippen LogP contribution in [0.2, 0.25) is 0 Å². The van der Waals surface area contributed by atoms with E-state index in [1.54, 1.807) is 0 Å². The van der Waals surface area contributed by atoms with Crippen molar-refractivity contribution in [2.75, 3.05) is 0 Å². The minimum atomic E-state index is -0.599. The molecule has 192 valence electrons. The van der Waals surface area contributed by atoms with Gasteiger partial charge in [0.2, 0.25) is 11.8 Å². The fourth-order valence-corrected chi connectivity index (χ4v) is 5.64. The van der Waals surface area contributed by atoms with Crippen LogP contribution in [0.1, 0.15) is 48.2 Å². The SMILES string of the molecule is C[C@@H](c1ccccc1)N1C(=O)[C@H](Cc2ccccc2)N([C@@H](C)c2ccccc2)C(=O)[C@@H]1Cc1ccccc1. The van der Waals surface area contributed by atoms with Crippen LogP contribution in [0.15, 0.2) is 121 Å². The smallest absolute Gasteiger partial charge is 0.246 e. The highest BCUT2D eigenvalue weighted by molar-refractivity contribution is 5.98. The quantitative estimate of drug-likeness (QED) is 0.280. The minimum absolute atomic E-state index is 0.00600. The van der Waals surface area contributed by atoms with Crippen molar-refractivity contribution in [3.63, 3.8) is 0 Å². The second-order valence-electron chi connectivity index (χ2n) is 10.1. The molecule has 4 nitrogen and oxygen atoms in total. The molecule has 4 aromatic rings. The van der Waals surface area contributed by atoms with Gasteiger partial charge in [0.1, 0.15) is 12.1 Å². The van der Waals surface area contributed by atoms with Crippen molar-refractivity contribution >= 4 is 11.8 Å². The number of nitrogens with zero attached hydrogens (tertiary/aromatic N) is 2. The first-order valence-electron chi connectivity index (χ1n) is 13.4. The molecule has 1 aliphatic rings. The van der Waals surface area contributed by atoms with Crippen LogP contribution < -0.4 is 0 Å². The van der Waals surface area contributed by atoms with E-state index in [0.717, 1.165) is 22.3 Å². The third-order valence-electron chi connectivity index (χ3n) is 7.69. The van der Waals surface area contributed by atoms with Crippen LogP contribution >= 0.6 is 0 Å². The van der Waals surface area contributed by atoms with Gasteiger partial charge in [0, 0.05) is 12.8 Å². The summed E-state index contributed by atoms with van der Waals surface area (Å²) in [4.78, 5) is 32.8. The average molecular weight is 503 g/mol. The molecule has 4 heteroatoms. The maximum absolute atomic E-state index is 14.6. The average Bonchev–Trinajstić information content (AvgIpc) is 2.97. The Labute approximate surface area is 225 Å². The first-order chi connectivity index (χ1) is 18.5. The van der Waals surface area contributed by atoms with Crippen LogP contribution in [-0.4, -0.2) is 33.7 Å². The summed E-state index contributed by atoms with van der Waals surface area (Å²) >= 11 is 0. The molecule has 0 unspecified atom stereocenters. The monoisotopic (exact) mass is 502 g/mol. The van der Waals surface area contributed by atoms with Gasteiger partial charge in [-0.3, -0.25) is 9.59 Å². The van der Waals surface area contributed by atoms with Crippen LogP contribution in [0.4, 0.5) is 0 Å². The number of hydrogen-bond donors (Lipinski definition) is 0. The molecule has 0 saturated carbocycles. The van der Waals surface area contributed by atoms with Crippen molar-refractivity contribution in [1.29, 1.82) is 0 Å². The maximum atomic E-state index is 14.6. The molecular weight excluding hydrogens is 468 g/mol. The van der Waals surface area contributed by atoms with Gasteiger partial charge in [-0.2, -0.15) is 0 Å². The lowest BCUT2D eigenvalue weighted by Gasteiger charge is -2.49. The van der Waals surface area contributed by atoms with E-state index in [4.69, 9.17) is 0 Å². The van der Waals surface area contributed by atoms with E-state index < -0.39 is 12.1 Å². The Kier molecular flexibility index (Phi) is 7.69. The molecule has 4 atom stereocenters. The summed E-state index contributed by atoms with van der Waals surface area (Å²) in [6.07, 6.45) is 0.942. The molecule has 0 bridgehead atoms. The van der Waals surface area contributed by atoms with Gasteiger partial charge >= 0.3 is 0 Å². The molecular formula is C34H34N2O2. The Morgan fingerprint density at radius 3 is 1.11 bits per heavy atom. The molecule has 4 aromatic carbocycles. The highest BCUT2D eigenvalue weighted by Gasteiger charge is 2.49. The van der Waals surface area contributed by atoms with Crippen molar-refractivity contribution in [3.05, 3.63) is 144 Å². The number of hydrogen-bond acceptors (Lipinski definition) is 2. The second kappa shape index (κ2) is 11.5. The molecule has 1 saturated heterocycles. The van der Waals surface area contributed by atoms with Gasteiger partial charge in [-0.1, -0.05) is 121 Å². The predicted octanol–water partition coefficient (Wildman–Crippen LogP) is 6.40. The first-order valence-corrected chi connectivity index (χ1v) is 13.4. The zero-order chi connectivity index (χ0) is 26.5. The van der Waals surface area contributed by atoms with E-state index in [0.29, 0.717) is 12.8 Å². The molecule has 0 aromatic heterocycles. The number of carbonyl (C=O) groups excluding carboxylic acids is 2. The van der Waals surface area contributed by atoms with Gasteiger partial charge in [0.05, 0.1) is 12.1 Å². The molecule has 0 aliphatic carbocycles. The Morgan fingerprint density at radius 1 is 0.500 bits per heavy atom.